The third kappa shape index (κ3) is 3.17. The normalized spacial score (nSPS) is 12.7. The summed E-state index contributed by atoms with van der Waals surface area (Å²) >= 11 is 5.92. The maximum atomic E-state index is 13.8. The van der Waals surface area contributed by atoms with Crippen LogP contribution in [0.2, 0.25) is 5.02 Å². The van der Waals surface area contributed by atoms with Gasteiger partial charge in [0.25, 0.3) is 0 Å². The largest absolute Gasteiger partial charge is 0.275 e. The Kier molecular flexibility index (Phi) is 4.75. The summed E-state index contributed by atoms with van der Waals surface area (Å²) in [5.74, 6) is 5.35. The number of aryl methyl sites for hydroxylation is 2. The average molecular weight is 297 g/mol. The van der Waals surface area contributed by atoms with E-state index in [0.717, 1.165) is 17.7 Å². The molecule has 0 spiro atoms. The summed E-state index contributed by atoms with van der Waals surface area (Å²) in [6.45, 7) is 2.03. The minimum Gasteiger partial charge on any atom is -0.275 e. The lowest BCUT2D eigenvalue weighted by molar-refractivity contribution is 0.526. The van der Waals surface area contributed by atoms with E-state index >= 15 is 0 Å². The molecule has 1 aromatic carbocycles. The van der Waals surface area contributed by atoms with Crippen molar-refractivity contribution < 1.29 is 4.39 Å². The number of hydrogen-bond donors (Lipinski definition) is 2. The van der Waals surface area contributed by atoms with Crippen molar-refractivity contribution in [1.29, 1.82) is 0 Å². The molecule has 0 bridgehead atoms. The van der Waals surface area contributed by atoms with Gasteiger partial charge in [-0.15, -0.1) is 0 Å². The number of hydrazine groups is 1. The smallest absolute Gasteiger partial charge is 0.126 e. The van der Waals surface area contributed by atoms with Crippen LogP contribution in [-0.4, -0.2) is 9.78 Å². The second-order valence-electron chi connectivity index (χ2n) is 4.72. The molecule has 2 rings (SSSR count). The molecule has 0 aliphatic heterocycles. The SMILES string of the molecule is CCc1nn(C)cc1C(Cc1cc(Cl)ccc1F)NN. The van der Waals surface area contributed by atoms with Crippen LogP contribution in [0.3, 0.4) is 0 Å². The highest BCUT2D eigenvalue weighted by Crippen LogP contribution is 2.24. The summed E-state index contributed by atoms with van der Waals surface area (Å²) in [4.78, 5) is 0. The molecule has 1 aromatic heterocycles. The first kappa shape index (κ1) is 15.0. The number of hydrogen-bond acceptors (Lipinski definition) is 3. The van der Waals surface area contributed by atoms with E-state index in [1.807, 2.05) is 20.2 Å². The molecule has 0 saturated heterocycles. The Morgan fingerprint density at radius 2 is 2.25 bits per heavy atom. The zero-order chi connectivity index (χ0) is 14.7. The third-order valence-electron chi connectivity index (χ3n) is 3.28. The molecule has 108 valence electrons. The molecule has 1 atom stereocenters. The van der Waals surface area contributed by atoms with Crippen LogP contribution in [0.25, 0.3) is 0 Å². The van der Waals surface area contributed by atoms with Crippen molar-refractivity contribution in [2.75, 3.05) is 0 Å². The van der Waals surface area contributed by atoms with Crippen LogP contribution in [0, 0.1) is 5.82 Å². The van der Waals surface area contributed by atoms with E-state index in [1.54, 1.807) is 10.7 Å². The molecule has 0 fully saturated rings. The number of nitrogens with two attached hydrogens (primary N) is 1. The van der Waals surface area contributed by atoms with E-state index in [9.17, 15) is 4.39 Å². The van der Waals surface area contributed by atoms with Gasteiger partial charge in [-0.2, -0.15) is 5.10 Å². The van der Waals surface area contributed by atoms with Crippen molar-refractivity contribution >= 4 is 11.6 Å². The van der Waals surface area contributed by atoms with Crippen molar-refractivity contribution in [3.05, 3.63) is 52.1 Å². The lowest BCUT2D eigenvalue weighted by atomic mass is 9.98. The summed E-state index contributed by atoms with van der Waals surface area (Å²) in [7, 11) is 1.86. The fourth-order valence-electron chi connectivity index (χ4n) is 2.30. The number of nitrogens with one attached hydrogen (secondary N) is 1. The van der Waals surface area contributed by atoms with Gasteiger partial charge in [-0.3, -0.25) is 16.0 Å². The molecule has 1 unspecified atom stereocenters. The number of benzene rings is 1. The Labute approximate surface area is 122 Å². The molecule has 1 heterocycles. The highest BCUT2D eigenvalue weighted by Gasteiger charge is 2.18. The van der Waals surface area contributed by atoms with Gasteiger partial charge >= 0.3 is 0 Å². The van der Waals surface area contributed by atoms with Crippen LogP contribution in [-0.2, 0) is 19.9 Å². The van der Waals surface area contributed by atoms with Gasteiger partial charge in [-0.25, -0.2) is 4.39 Å². The lowest BCUT2D eigenvalue weighted by Crippen LogP contribution is -2.30. The van der Waals surface area contributed by atoms with E-state index in [4.69, 9.17) is 17.4 Å². The van der Waals surface area contributed by atoms with Gasteiger partial charge in [0.05, 0.1) is 11.7 Å². The van der Waals surface area contributed by atoms with Gasteiger partial charge < -0.3 is 0 Å². The van der Waals surface area contributed by atoms with Crippen LogP contribution >= 0.6 is 11.6 Å². The Morgan fingerprint density at radius 1 is 1.50 bits per heavy atom. The van der Waals surface area contributed by atoms with Gasteiger partial charge in [0.2, 0.25) is 0 Å². The first-order valence-corrected chi connectivity index (χ1v) is 6.85. The molecule has 0 radical (unpaired) electrons. The Balaban J connectivity index is 2.30. The van der Waals surface area contributed by atoms with Gasteiger partial charge in [0.15, 0.2) is 0 Å². The zero-order valence-electron chi connectivity index (χ0n) is 11.5. The van der Waals surface area contributed by atoms with Crippen molar-refractivity contribution in [3.63, 3.8) is 0 Å². The molecule has 0 aliphatic carbocycles. The molecule has 20 heavy (non-hydrogen) atoms. The van der Waals surface area contributed by atoms with Crippen LogP contribution in [0.1, 0.15) is 29.8 Å². The number of rotatable bonds is 5. The fraction of sp³-hybridized carbons (Fsp3) is 0.357. The predicted molar refractivity (Wildman–Crippen MR) is 77.8 cm³/mol. The van der Waals surface area contributed by atoms with Crippen LogP contribution < -0.4 is 11.3 Å². The molecule has 0 amide bonds. The van der Waals surface area contributed by atoms with E-state index in [-0.39, 0.29) is 11.9 Å². The topological polar surface area (TPSA) is 55.9 Å². The second kappa shape index (κ2) is 6.35. The van der Waals surface area contributed by atoms with E-state index in [2.05, 4.69) is 10.5 Å². The Hall–Kier alpha value is -1.43. The minimum atomic E-state index is -0.281. The van der Waals surface area contributed by atoms with Gasteiger partial charge in [-0.05, 0) is 36.6 Å². The van der Waals surface area contributed by atoms with E-state index < -0.39 is 0 Å². The zero-order valence-corrected chi connectivity index (χ0v) is 12.3. The first-order chi connectivity index (χ1) is 9.55. The van der Waals surface area contributed by atoms with Crippen LogP contribution in [0.15, 0.2) is 24.4 Å². The summed E-state index contributed by atoms with van der Waals surface area (Å²) in [5.41, 5.74) is 5.21. The standard InChI is InChI=1S/C14H18ClFN4/c1-3-13-11(8-20(2)19-13)14(18-17)7-9-6-10(15)4-5-12(9)16/h4-6,8,14,18H,3,7,17H2,1-2H3. The van der Waals surface area contributed by atoms with Crippen LogP contribution in [0.5, 0.6) is 0 Å². The Morgan fingerprint density at radius 3 is 2.90 bits per heavy atom. The maximum Gasteiger partial charge on any atom is 0.126 e. The number of aromatic nitrogens is 2. The molecule has 3 N–H and O–H groups in total. The molecule has 6 heteroatoms. The highest BCUT2D eigenvalue weighted by atomic mass is 35.5. The van der Waals surface area contributed by atoms with Crippen LogP contribution in [0.4, 0.5) is 4.39 Å². The third-order valence-corrected chi connectivity index (χ3v) is 3.52. The van der Waals surface area contributed by atoms with E-state index in [0.29, 0.717) is 17.0 Å². The van der Waals surface area contributed by atoms with Crippen molar-refractivity contribution in [2.45, 2.75) is 25.8 Å². The minimum absolute atomic E-state index is 0.202. The summed E-state index contributed by atoms with van der Waals surface area (Å²) in [6, 6.07) is 4.33. The summed E-state index contributed by atoms with van der Waals surface area (Å²) < 4.78 is 15.6. The molecule has 0 aliphatic rings. The van der Waals surface area contributed by atoms with Gasteiger partial charge in [0, 0.05) is 23.8 Å². The number of halogens is 2. The average Bonchev–Trinajstić information content (AvgIpc) is 2.80. The molecular formula is C14H18ClFN4. The molecular weight excluding hydrogens is 279 g/mol. The number of nitrogens with zero attached hydrogens (tertiary/aromatic N) is 2. The van der Waals surface area contributed by atoms with Crippen molar-refractivity contribution in [3.8, 4) is 0 Å². The van der Waals surface area contributed by atoms with Crippen molar-refractivity contribution in [1.82, 2.24) is 15.2 Å². The molecule has 2 aromatic rings. The summed E-state index contributed by atoms with van der Waals surface area (Å²) in [6.07, 6.45) is 3.12. The fourth-order valence-corrected chi connectivity index (χ4v) is 2.49. The quantitative estimate of drug-likeness (QED) is 0.658. The summed E-state index contributed by atoms with van der Waals surface area (Å²) in [5, 5.41) is 4.89. The van der Waals surface area contributed by atoms with Gasteiger partial charge in [0.1, 0.15) is 5.82 Å². The predicted octanol–water partition coefficient (Wildman–Crippen LogP) is 2.52. The second-order valence-corrected chi connectivity index (χ2v) is 5.15. The van der Waals surface area contributed by atoms with Gasteiger partial charge in [-0.1, -0.05) is 18.5 Å². The lowest BCUT2D eigenvalue weighted by Gasteiger charge is -2.16. The Bertz CT molecular complexity index is 597. The van der Waals surface area contributed by atoms with Crippen molar-refractivity contribution in [2.24, 2.45) is 12.9 Å². The monoisotopic (exact) mass is 296 g/mol. The van der Waals surface area contributed by atoms with E-state index in [1.165, 1.54) is 12.1 Å². The highest BCUT2D eigenvalue weighted by molar-refractivity contribution is 6.30. The maximum absolute atomic E-state index is 13.8. The first-order valence-electron chi connectivity index (χ1n) is 6.47. The molecule has 0 saturated carbocycles. The molecule has 4 nitrogen and oxygen atoms in total.